The van der Waals surface area contributed by atoms with Gasteiger partial charge in [-0.25, -0.2) is 0 Å². The monoisotopic (exact) mass is 450 g/mol. The van der Waals surface area contributed by atoms with Crippen LogP contribution in [0, 0.1) is 0 Å². The van der Waals surface area contributed by atoms with Crippen LogP contribution < -0.4 is 10.1 Å². The summed E-state index contributed by atoms with van der Waals surface area (Å²) in [6.45, 7) is 4.50. The molecule has 162 valence electrons. The Kier molecular flexibility index (Phi) is 9.47. The van der Waals surface area contributed by atoms with Gasteiger partial charge in [-0.2, -0.15) is 0 Å². The Bertz CT molecular complexity index is 836. The summed E-state index contributed by atoms with van der Waals surface area (Å²) in [6.07, 6.45) is 2.01. The predicted octanol–water partition coefficient (Wildman–Crippen LogP) is 4.88. The average molecular weight is 451 g/mol. The molecule has 2 aromatic carbocycles. The van der Waals surface area contributed by atoms with E-state index in [9.17, 15) is 9.59 Å². The molecule has 0 radical (unpaired) electrons. The van der Waals surface area contributed by atoms with Gasteiger partial charge in [0, 0.05) is 28.7 Å². The average Bonchev–Trinajstić information content (AvgIpc) is 2.73. The summed E-state index contributed by atoms with van der Waals surface area (Å²) < 4.78 is 5.17. The van der Waals surface area contributed by atoms with Crippen molar-refractivity contribution in [1.82, 2.24) is 10.2 Å². The first-order valence-corrected chi connectivity index (χ1v) is 10.8. The van der Waals surface area contributed by atoms with E-state index >= 15 is 0 Å². The highest BCUT2D eigenvalue weighted by Crippen LogP contribution is 2.27. The number of nitrogens with one attached hydrogen (secondary N) is 1. The number of nitrogens with zero attached hydrogens (tertiary/aromatic N) is 1. The molecular formula is C23H28Cl2N2O3. The number of carbonyl (C=O) groups excluding carboxylic acids is 2. The van der Waals surface area contributed by atoms with Crippen LogP contribution in [-0.2, 0) is 22.6 Å². The second-order valence-electron chi connectivity index (χ2n) is 7.07. The second-order valence-corrected chi connectivity index (χ2v) is 7.88. The molecule has 0 aliphatic carbocycles. The third-order valence-corrected chi connectivity index (χ3v) is 5.61. The molecule has 0 aliphatic rings. The molecule has 2 amide bonds. The topological polar surface area (TPSA) is 58.6 Å². The standard InChI is InChI=1S/C23H28Cl2N2O3/c1-4-5-13-26-23(29)16(2)27(15-19-20(24)7-6-8-21(19)25)22(28)14-17-9-11-18(30-3)12-10-17/h6-12,16H,4-5,13-15H2,1-3H3,(H,26,29)/t16-/m1/s1. The third-order valence-electron chi connectivity index (χ3n) is 4.90. The van der Waals surface area contributed by atoms with Crippen LogP contribution in [0.3, 0.4) is 0 Å². The fourth-order valence-electron chi connectivity index (χ4n) is 2.99. The van der Waals surface area contributed by atoms with Gasteiger partial charge in [0.05, 0.1) is 13.5 Å². The van der Waals surface area contributed by atoms with Crippen molar-refractivity contribution in [3.63, 3.8) is 0 Å². The number of ether oxygens (including phenoxy) is 1. The van der Waals surface area contributed by atoms with E-state index in [0.717, 1.165) is 24.2 Å². The Morgan fingerprint density at radius 3 is 2.30 bits per heavy atom. The Morgan fingerprint density at radius 2 is 1.73 bits per heavy atom. The van der Waals surface area contributed by atoms with E-state index in [2.05, 4.69) is 12.2 Å². The zero-order valence-electron chi connectivity index (χ0n) is 17.6. The molecule has 0 saturated heterocycles. The van der Waals surface area contributed by atoms with Crippen LogP contribution in [0.5, 0.6) is 5.75 Å². The van der Waals surface area contributed by atoms with E-state index in [-0.39, 0.29) is 24.8 Å². The zero-order chi connectivity index (χ0) is 22.1. The smallest absolute Gasteiger partial charge is 0.242 e. The first kappa shape index (κ1) is 24.0. The van der Waals surface area contributed by atoms with Gasteiger partial charge < -0.3 is 15.0 Å². The second kappa shape index (κ2) is 11.8. The fraction of sp³-hybridized carbons (Fsp3) is 0.391. The predicted molar refractivity (Wildman–Crippen MR) is 121 cm³/mol. The summed E-state index contributed by atoms with van der Waals surface area (Å²) in [4.78, 5) is 27.4. The van der Waals surface area contributed by atoms with Gasteiger partial charge in [0.2, 0.25) is 11.8 Å². The molecule has 1 N–H and O–H groups in total. The number of benzene rings is 2. The first-order chi connectivity index (χ1) is 14.4. The molecule has 2 aromatic rings. The molecule has 5 nitrogen and oxygen atoms in total. The number of unbranched alkanes of at least 4 members (excludes halogenated alkanes) is 1. The Morgan fingerprint density at radius 1 is 1.10 bits per heavy atom. The van der Waals surface area contributed by atoms with Gasteiger partial charge in [0.15, 0.2) is 0 Å². The maximum atomic E-state index is 13.2. The van der Waals surface area contributed by atoms with Crippen molar-refractivity contribution in [2.24, 2.45) is 0 Å². The van der Waals surface area contributed by atoms with Crippen LogP contribution in [0.1, 0.15) is 37.8 Å². The highest BCUT2D eigenvalue weighted by Gasteiger charge is 2.27. The number of halogens is 2. The highest BCUT2D eigenvalue weighted by atomic mass is 35.5. The molecule has 1 atom stereocenters. The molecule has 2 rings (SSSR count). The van der Waals surface area contributed by atoms with E-state index in [1.165, 1.54) is 4.90 Å². The van der Waals surface area contributed by atoms with Gasteiger partial charge in [-0.15, -0.1) is 0 Å². The zero-order valence-corrected chi connectivity index (χ0v) is 19.1. The molecule has 0 heterocycles. The number of amides is 2. The van der Waals surface area contributed by atoms with Crippen molar-refractivity contribution in [1.29, 1.82) is 0 Å². The molecule has 30 heavy (non-hydrogen) atoms. The Hall–Kier alpha value is -2.24. The molecule has 7 heteroatoms. The van der Waals surface area contributed by atoms with Gasteiger partial charge in [-0.1, -0.05) is 54.7 Å². The number of rotatable bonds is 10. The van der Waals surface area contributed by atoms with Gasteiger partial charge in [-0.3, -0.25) is 9.59 Å². The van der Waals surface area contributed by atoms with Crippen molar-refractivity contribution in [3.8, 4) is 5.75 Å². The maximum absolute atomic E-state index is 13.2. The minimum Gasteiger partial charge on any atom is -0.497 e. The third kappa shape index (κ3) is 6.64. The Labute approximate surface area is 188 Å². The van der Waals surface area contributed by atoms with Crippen LogP contribution >= 0.6 is 23.2 Å². The molecular weight excluding hydrogens is 423 g/mol. The van der Waals surface area contributed by atoms with E-state index in [1.807, 2.05) is 12.1 Å². The summed E-state index contributed by atoms with van der Waals surface area (Å²) in [5.74, 6) is 0.332. The summed E-state index contributed by atoms with van der Waals surface area (Å²) >= 11 is 12.6. The minimum absolute atomic E-state index is 0.149. The van der Waals surface area contributed by atoms with Crippen molar-refractivity contribution in [2.75, 3.05) is 13.7 Å². The normalized spacial score (nSPS) is 11.6. The van der Waals surface area contributed by atoms with Crippen LogP contribution in [0.4, 0.5) is 0 Å². The van der Waals surface area contributed by atoms with Gasteiger partial charge in [0.1, 0.15) is 11.8 Å². The lowest BCUT2D eigenvalue weighted by Gasteiger charge is -2.29. The van der Waals surface area contributed by atoms with Gasteiger partial charge >= 0.3 is 0 Å². The van der Waals surface area contributed by atoms with Crippen LogP contribution in [-0.4, -0.2) is 36.4 Å². The van der Waals surface area contributed by atoms with Crippen molar-refractivity contribution in [2.45, 2.75) is 45.7 Å². The lowest BCUT2D eigenvalue weighted by molar-refractivity contribution is -0.140. The van der Waals surface area contributed by atoms with Gasteiger partial charge in [0.25, 0.3) is 0 Å². The molecule has 0 bridgehead atoms. The summed E-state index contributed by atoms with van der Waals surface area (Å²) in [5.41, 5.74) is 1.45. The number of hydrogen-bond acceptors (Lipinski definition) is 3. The van der Waals surface area contributed by atoms with E-state index in [1.54, 1.807) is 44.4 Å². The van der Waals surface area contributed by atoms with E-state index < -0.39 is 6.04 Å². The van der Waals surface area contributed by atoms with Crippen LogP contribution in [0.2, 0.25) is 10.0 Å². The largest absolute Gasteiger partial charge is 0.497 e. The molecule has 0 fully saturated rings. The lowest BCUT2D eigenvalue weighted by atomic mass is 10.1. The number of hydrogen-bond donors (Lipinski definition) is 1. The van der Waals surface area contributed by atoms with E-state index in [4.69, 9.17) is 27.9 Å². The fourth-order valence-corrected chi connectivity index (χ4v) is 3.51. The lowest BCUT2D eigenvalue weighted by Crippen LogP contribution is -2.48. The van der Waals surface area contributed by atoms with Gasteiger partial charge in [-0.05, 0) is 43.2 Å². The van der Waals surface area contributed by atoms with Crippen molar-refractivity contribution >= 4 is 35.0 Å². The first-order valence-electron chi connectivity index (χ1n) is 10.00. The number of carbonyl (C=O) groups is 2. The van der Waals surface area contributed by atoms with Crippen molar-refractivity contribution < 1.29 is 14.3 Å². The van der Waals surface area contributed by atoms with Crippen molar-refractivity contribution in [3.05, 3.63) is 63.6 Å². The SMILES string of the molecule is CCCCNC(=O)[C@@H](C)N(Cc1c(Cl)cccc1Cl)C(=O)Cc1ccc(OC)cc1. The molecule has 0 unspecified atom stereocenters. The quantitative estimate of drug-likeness (QED) is 0.524. The molecule has 0 aliphatic heterocycles. The molecule has 0 spiro atoms. The van der Waals surface area contributed by atoms with Crippen LogP contribution in [0.25, 0.3) is 0 Å². The maximum Gasteiger partial charge on any atom is 0.242 e. The molecule has 0 saturated carbocycles. The number of methoxy groups -OCH3 is 1. The highest BCUT2D eigenvalue weighted by molar-refractivity contribution is 6.36. The molecule has 0 aromatic heterocycles. The summed E-state index contributed by atoms with van der Waals surface area (Å²) in [5, 5.41) is 3.82. The summed E-state index contributed by atoms with van der Waals surface area (Å²) in [7, 11) is 1.59. The van der Waals surface area contributed by atoms with Crippen LogP contribution in [0.15, 0.2) is 42.5 Å². The Balaban J connectivity index is 2.24. The van der Waals surface area contributed by atoms with E-state index in [0.29, 0.717) is 22.2 Å². The minimum atomic E-state index is -0.667. The summed E-state index contributed by atoms with van der Waals surface area (Å²) in [6, 6.07) is 11.8.